The summed E-state index contributed by atoms with van der Waals surface area (Å²) in [7, 11) is 0. The third kappa shape index (κ3) is 3.85. The number of carbonyl (C=O) groups excluding carboxylic acids is 2. The van der Waals surface area contributed by atoms with Crippen molar-refractivity contribution >= 4 is 17.7 Å². The molecule has 3 N–H and O–H groups in total. The predicted molar refractivity (Wildman–Crippen MR) is 106 cm³/mol. The van der Waals surface area contributed by atoms with E-state index in [4.69, 9.17) is 15.2 Å². The lowest BCUT2D eigenvalue weighted by molar-refractivity contribution is -0.168. The molecule has 3 heterocycles. The number of aromatic nitrogens is 2. The first-order valence-corrected chi connectivity index (χ1v) is 10.6. The van der Waals surface area contributed by atoms with Crippen LogP contribution in [0, 0.1) is 11.3 Å². The molecule has 0 aromatic carbocycles. The second-order valence-electron chi connectivity index (χ2n) is 8.37. The number of aromatic amines is 1. The zero-order chi connectivity index (χ0) is 20.4. The maximum absolute atomic E-state index is 13.1. The molecule has 3 fully saturated rings. The number of nitrogens with zero attached hydrogens (tertiary/aromatic N) is 3. The standard InChI is InChI=1S/C20H31N5O4/c1-2-29-19(27)20-5-3-15(24-7-9-28-10-8-24)11-14(20)4-6-25(13-20)18(26)16-12-17(21)23-22-16/h12,14-15H,2-11,13H2,1H3,(H3,21,22,23)/t14-,15+,20-/m1/s1. The Kier molecular flexibility index (Phi) is 5.78. The molecule has 2 aliphatic heterocycles. The molecular weight excluding hydrogens is 374 g/mol. The van der Waals surface area contributed by atoms with E-state index in [1.807, 2.05) is 6.92 Å². The number of nitrogens with two attached hydrogens (primary N) is 1. The fraction of sp³-hybridized carbons (Fsp3) is 0.750. The summed E-state index contributed by atoms with van der Waals surface area (Å²) in [5.74, 6) is 0.187. The molecule has 0 radical (unpaired) electrons. The summed E-state index contributed by atoms with van der Waals surface area (Å²) in [4.78, 5) is 30.3. The normalized spacial score (nSPS) is 30.6. The van der Waals surface area contributed by atoms with Gasteiger partial charge in [0.2, 0.25) is 0 Å². The Morgan fingerprint density at radius 1 is 1.34 bits per heavy atom. The number of H-pyrrole nitrogens is 1. The first-order chi connectivity index (χ1) is 14.0. The largest absolute Gasteiger partial charge is 0.466 e. The second kappa shape index (κ2) is 8.31. The third-order valence-electron chi connectivity index (χ3n) is 6.84. The summed E-state index contributed by atoms with van der Waals surface area (Å²) in [5.41, 5.74) is 5.39. The summed E-state index contributed by atoms with van der Waals surface area (Å²) in [6, 6.07) is 2.02. The monoisotopic (exact) mass is 405 g/mol. The number of morpholine rings is 1. The Bertz CT molecular complexity index is 747. The van der Waals surface area contributed by atoms with Crippen LogP contribution in [0.15, 0.2) is 6.07 Å². The molecule has 0 unspecified atom stereocenters. The molecule has 3 atom stereocenters. The van der Waals surface area contributed by atoms with Crippen LogP contribution in [-0.2, 0) is 14.3 Å². The highest BCUT2D eigenvalue weighted by Gasteiger charge is 2.54. The highest BCUT2D eigenvalue weighted by atomic mass is 16.5. The van der Waals surface area contributed by atoms with Gasteiger partial charge in [0.25, 0.3) is 5.91 Å². The van der Waals surface area contributed by atoms with Gasteiger partial charge in [-0.05, 0) is 38.5 Å². The molecular formula is C20H31N5O4. The van der Waals surface area contributed by atoms with Crippen LogP contribution < -0.4 is 5.73 Å². The number of hydrogen-bond donors (Lipinski definition) is 2. The number of ether oxygens (including phenoxy) is 2. The van der Waals surface area contributed by atoms with Crippen LogP contribution in [0.1, 0.15) is 43.1 Å². The van der Waals surface area contributed by atoms with E-state index in [-0.39, 0.29) is 23.6 Å². The van der Waals surface area contributed by atoms with Gasteiger partial charge in [-0.1, -0.05) is 0 Å². The van der Waals surface area contributed by atoms with Crippen LogP contribution >= 0.6 is 0 Å². The maximum Gasteiger partial charge on any atom is 0.314 e. The number of fused-ring (bicyclic) bond motifs is 1. The van der Waals surface area contributed by atoms with Gasteiger partial charge in [-0.25, -0.2) is 0 Å². The fourth-order valence-electron chi connectivity index (χ4n) is 5.31. The van der Waals surface area contributed by atoms with Gasteiger partial charge in [0, 0.05) is 38.3 Å². The minimum absolute atomic E-state index is 0.160. The van der Waals surface area contributed by atoms with Crippen molar-refractivity contribution in [2.75, 3.05) is 51.7 Å². The number of rotatable bonds is 4. The number of likely N-dealkylation sites (tertiary alicyclic amines) is 1. The summed E-state index contributed by atoms with van der Waals surface area (Å²) < 4.78 is 11.0. The third-order valence-corrected chi connectivity index (χ3v) is 6.84. The highest BCUT2D eigenvalue weighted by Crippen LogP contribution is 2.48. The molecule has 1 saturated carbocycles. The van der Waals surface area contributed by atoms with Gasteiger partial charge in [0.05, 0.1) is 25.2 Å². The van der Waals surface area contributed by atoms with Crippen molar-refractivity contribution in [2.24, 2.45) is 11.3 Å². The molecule has 0 bridgehead atoms. The van der Waals surface area contributed by atoms with E-state index < -0.39 is 5.41 Å². The number of carbonyl (C=O) groups is 2. The van der Waals surface area contributed by atoms with Crippen molar-refractivity contribution in [3.8, 4) is 0 Å². The van der Waals surface area contributed by atoms with Gasteiger partial charge in [0.1, 0.15) is 11.5 Å². The Balaban J connectivity index is 1.52. The zero-order valence-corrected chi connectivity index (χ0v) is 17.1. The lowest BCUT2D eigenvalue weighted by atomic mass is 9.61. The van der Waals surface area contributed by atoms with Crippen LogP contribution in [0.3, 0.4) is 0 Å². The van der Waals surface area contributed by atoms with Crippen molar-refractivity contribution < 1.29 is 19.1 Å². The lowest BCUT2D eigenvalue weighted by Gasteiger charge is -2.52. The second-order valence-corrected chi connectivity index (χ2v) is 8.37. The van der Waals surface area contributed by atoms with E-state index in [0.717, 1.165) is 52.0 Å². The molecule has 9 heteroatoms. The van der Waals surface area contributed by atoms with E-state index in [2.05, 4.69) is 15.1 Å². The van der Waals surface area contributed by atoms with Crippen LogP contribution in [0.4, 0.5) is 5.82 Å². The van der Waals surface area contributed by atoms with Gasteiger partial charge >= 0.3 is 5.97 Å². The molecule has 160 valence electrons. The van der Waals surface area contributed by atoms with Crippen LogP contribution in [-0.4, -0.2) is 83.9 Å². The molecule has 1 amide bonds. The van der Waals surface area contributed by atoms with E-state index in [1.165, 1.54) is 0 Å². The smallest absolute Gasteiger partial charge is 0.314 e. The SMILES string of the molecule is CCOC(=O)[C@@]12CC[C@H](N3CCOCC3)C[C@H]1CCN(C(=O)c1cc(N)n[nH]1)C2. The molecule has 2 saturated heterocycles. The fourth-order valence-corrected chi connectivity index (χ4v) is 5.31. The Morgan fingerprint density at radius 3 is 2.83 bits per heavy atom. The Labute approximate surface area is 170 Å². The molecule has 4 rings (SSSR count). The van der Waals surface area contributed by atoms with Crippen molar-refractivity contribution in [1.82, 2.24) is 20.0 Å². The maximum atomic E-state index is 13.1. The zero-order valence-electron chi connectivity index (χ0n) is 17.1. The molecule has 0 spiro atoms. The summed E-state index contributed by atoms with van der Waals surface area (Å²) in [6.45, 7) is 6.67. The Morgan fingerprint density at radius 2 is 2.14 bits per heavy atom. The number of nitrogen functional groups attached to an aromatic ring is 1. The number of anilines is 1. The number of hydrogen-bond acceptors (Lipinski definition) is 7. The van der Waals surface area contributed by atoms with Crippen LogP contribution in [0.25, 0.3) is 0 Å². The minimum Gasteiger partial charge on any atom is -0.466 e. The molecule has 1 aromatic rings. The van der Waals surface area contributed by atoms with Crippen molar-refractivity contribution in [3.63, 3.8) is 0 Å². The van der Waals surface area contributed by atoms with Gasteiger partial charge in [-0.3, -0.25) is 19.6 Å². The van der Waals surface area contributed by atoms with E-state index in [9.17, 15) is 9.59 Å². The summed E-state index contributed by atoms with van der Waals surface area (Å²) in [6.07, 6.45) is 3.45. The summed E-state index contributed by atoms with van der Waals surface area (Å²) in [5, 5.41) is 6.55. The lowest BCUT2D eigenvalue weighted by Crippen LogP contribution is -2.59. The van der Waals surface area contributed by atoms with Crippen molar-refractivity contribution in [3.05, 3.63) is 11.8 Å². The first-order valence-electron chi connectivity index (χ1n) is 10.6. The average molecular weight is 405 g/mol. The van der Waals surface area contributed by atoms with Crippen LogP contribution in [0.2, 0.25) is 0 Å². The van der Waals surface area contributed by atoms with E-state index >= 15 is 0 Å². The number of amides is 1. The van der Waals surface area contributed by atoms with Crippen molar-refractivity contribution in [1.29, 1.82) is 0 Å². The molecule has 3 aliphatic rings. The van der Waals surface area contributed by atoms with Gasteiger partial charge in [0.15, 0.2) is 0 Å². The molecule has 1 aliphatic carbocycles. The molecule has 9 nitrogen and oxygen atoms in total. The number of nitrogens with one attached hydrogen (secondary N) is 1. The van der Waals surface area contributed by atoms with E-state index in [1.54, 1.807) is 11.0 Å². The van der Waals surface area contributed by atoms with Crippen molar-refractivity contribution in [2.45, 2.75) is 38.6 Å². The van der Waals surface area contributed by atoms with Gasteiger partial charge in [-0.15, -0.1) is 0 Å². The highest BCUT2D eigenvalue weighted by molar-refractivity contribution is 5.93. The predicted octanol–water partition coefficient (Wildman–Crippen LogP) is 0.888. The topological polar surface area (TPSA) is 114 Å². The Hall–Kier alpha value is -2.13. The van der Waals surface area contributed by atoms with Gasteiger partial charge in [-0.2, -0.15) is 5.10 Å². The minimum atomic E-state index is -0.627. The van der Waals surface area contributed by atoms with Gasteiger partial charge < -0.3 is 20.1 Å². The average Bonchev–Trinajstić information content (AvgIpc) is 3.19. The first kappa shape index (κ1) is 20.2. The quantitative estimate of drug-likeness (QED) is 0.715. The summed E-state index contributed by atoms with van der Waals surface area (Å²) >= 11 is 0. The number of esters is 1. The van der Waals surface area contributed by atoms with Crippen LogP contribution in [0.5, 0.6) is 0 Å². The number of piperidine rings is 1. The molecule has 29 heavy (non-hydrogen) atoms. The molecule has 1 aromatic heterocycles. The van der Waals surface area contributed by atoms with E-state index in [0.29, 0.717) is 31.4 Å².